The van der Waals surface area contributed by atoms with E-state index >= 15 is 0 Å². The number of nitrogens with zero attached hydrogens (tertiary/aromatic N) is 1. The Morgan fingerprint density at radius 1 is 1.21 bits per heavy atom. The van der Waals surface area contributed by atoms with E-state index in [1.807, 2.05) is 0 Å². The second-order valence-corrected chi connectivity index (χ2v) is 7.63. The number of hydrogen-bond acceptors (Lipinski definition) is 3. The van der Waals surface area contributed by atoms with E-state index in [1.54, 1.807) is 0 Å². The second-order valence-electron chi connectivity index (χ2n) is 7.63. The minimum atomic E-state index is -0.693. The van der Waals surface area contributed by atoms with Crippen LogP contribution in [0.2, 0.25) is 0 Å². The molecular formula is C16H25NO2. The highest BCUT2D eigenvalue weighted by atomic mass is 16.3. The normalized spacial score (nSPS) is 53.8. The first-order valence-electron chi connectivity index (χ1n) is 8.06. The first-order chi connectivity index (χ1) is 9.06. The second kappa shape index (κ2) is 3.82. The Balaban J connectivity index is 1.87. The van der Waals surface area contributed by atoms with Crippen LogP contribution in [0.1, 0.15) is 51.9 Å². The molecule has 0 aromatic heterocycles. The summed E-state index contributed by atoms with van der Waals surface area (Å²) < 4.78 is 0. The minimum Gasteiger partial charge on any atom is -0.389 e. The summed E-state index contributed by atoms with van der Waals surface area (Å²) in [6.45, 7) is 4.55. The van der Waals surface area contributed by atoms with Gasteiger partial charge in [0.2, 0.25) is 0 Å². The lowest BCUT2D eigenvalue weighted by Gasteiger charge is -2.68. The van der Waals surface area contributed by atoms with E-state index in [2.05, 4.69) is 11.8 Å². The van der Waals surface area contributed by atoms with Gasteiger partial charge in [-0.25, -0.2) is 0 Å². The van der Waals surface area contributed by atoms with Crippen LogP contribution in [-0.2, 0) is 4.79 Å². The van der Waals surface area contributed by atoms with Crippen LogP contribution in [0.4, 0.5) is 0 Å². The van der Waals surface area contributed by atoms with E-state index in [0.717, 1.165) is 45.2 Å². The van der Waals surface area contributed by atoms with Crippen molar-refractivity contribution >= 4 is 5.78 Å². The molecule has 4 fully saturated rings. The lowest BCUT2D eigenvalue weighted by atomic mass is 9.47. The average Bonchev–Trinajstić information content (AvgIpc) is 2.33. The zero-order chi connectivity index (χ0) is 13.3. The molecule has 4 aliphatic rings. The van der Waals surface area contributed by atoms with Crippen LogP contribution in [0.3, 0.4) is 0 Å². The topological polar surface area (TPSA) is 40.5 Å². The SMILES string of the molecule is C[C@H]1C[C@]2(O)CC(=O)[C@@H]3CCCN4CCC[C@@H]2[C@@]34C1. The van der Waals surface area contributed by atoms with E-state index in [1.165, 1.54) is 6.42 Å². The fraction of sp³-hybridized carbons (Fsp3) is 0.938. The molecular weight excluding hydrogens is 238 g/mol. The maximum atomic E-state index is 12.6. The number of Topliss-reactive ketones (excluding diaryl/α,β-unsaturated/α-hetero) is 1. The van der Waals surface area contributed by atoms with E-state index in [4.69, 9.17) is 0 Å². The summed E-state index contributed by atoms with van der Waals surface area (Å²) >= 11 is 0. The van der Waals surface area contributed by atoms with E-state index < -0.39 is 5.60 Å². The van der Waals surface area contributed by atoms with Gasteiger partial charge in [0.1, 0.15) is 5.78 Å². The Kier molecular flexibility index (Phi) is 2.48. The average molecular weight is 263 g/mol. The molecule has 2 bridgehead atoms. The molecule has 0 aromatic rings. The van der Waals surface area contributed by atoms with Crippen molar-refractivity contribution in [2.75, 3.05) is 13.1 Å². The summed E-state index contributed by atoms with van der Waals surface area (Å²) in [6.07, 6.45) is 6.96. The summed E-state index contributed by atoms with van der Waals surface area (Å²) in [5.41, 5.74) is -0.667. The Bertz CT molecular complexity index is 421. The maximum absolute atomic E-state index is 12.6. The largest absolute Gasteiger partial charge is 0.389 e. The zero-order valence-electron chi connectivity index (χ0n) is 11.9. The Hall–Kier alpha value is -0.410. The highest BCUT2D eigenvalue weighted by molar-refractivity contribution is 5.85. The first-order valence-corrected chi connectivity index (χ1v) is 8.06. The van der Waals surface area contributed by atoms with E-state index in [-0.39, 0.29) is 11.5 Å². The predicted octanol–water partition coefficient (Wildman–Crippen LogP) is 1.98. The van der Waals surface area contributed by atoms with Crippen molar-refractivity contribution in [1.29, 1.82) is 0 Å². The molecule has 0 aromatic carbocycles. The highest BCUT2D eigenvalue weighted by Gasteiger charge is 2.67. The number of carbonyl (C=O) groups is 1. The molecule has 2 aliphatic carbocycles. The molecule has 5 atom stereocenters. The van der Waals surface area contributed by atoms with Crippen molar-refractivity contribution in [3.63, 3.8) is 0 Å². The summed E-state index contributed by atoms with van der Waals surface area (Å²) in [7, 11) is 0. The molecule has 2 saturated carbocycles. The van der Waals surface area contributed by atoms with Gasteiger partial charge < -0.3 is 5.11 Å². The predicted molar refractivity (Wildman–Crippen MR) is 72.7 cm³/mol. The van der Waals surface area contributed by atoms with Gasteiger partial charge in [0.05, 0.1) is 5.60 Å². The third-order valence-corrected chi connectivity index (χ3v) is 6.53. The molecule has 0 amide bonds. The monoisotopic (exact) mass is 263 g/mol. The van der Waals surface area contributed by atoms with E-state index in [9.17, 15) is 9.90 Å². The van der Waals surface area contributed by atoms with Crippen molar-refractivity contribution < 1.29 is 9.90 Å². The van der Waals surface area contributed by atoms with Gasteiger partial charge >= 0.3 is 0 Å². The van der Waals surface area contributed by atoms with Crippen molar-refractivity contribution in [3.05, 3.63) is 0 Å². The van der Waals surface area contributed by atoms with Gasteiger partial charge in [0.25, 0.3) is 0 Å². The molecule has 2 saturated heterocycles. The van der Waals surface area contributed by atoms with Crippen LogP contribution >= 0.6 is 0 Å². The Morgan fingerprint density at radius 2 is 1.95 bits per heavy atom. The summed E-state index contributed by atoms with van der Waals surface area (Å²) in [5, 5.41) is 11.1. The van der Waals surface area contributed by atoms with Crippen LogP contribution in [0.5, 0.6) is 0 Å². The molecule has 1 spiro atoms. The van der Waals surface area contributed by atoms with Gasteiger partial charge in [-0.15, -0.1) is 0 Å². The van der Waals surface area contributed by atoms with Crippen LogP contribution in [0.25, 0.3) is 0 Å². The standard InChI is InChI=1S/C16H25NO2/c1-11-8-15(19)10-13(18)12-4-2-6-17-7-3-5-14(15)16(12,17)9-11/h11-12,14,19H,2-10H2,1H3/t11-,12-,14-,15-,16+/m0/s1. The summed E-state index contributed by atoms with van der Waals surface area (Å²) in [5.74, 6) is 1.48. The highest BCUT2D eigenvalue weighted by Crippen LogP contribution is 2.60. The molecule has 1 N–H and O–H groups in total. The van der Waals surface area contributed by atoms with Gasteiger partial charge in [0.15, 0.2) is 0 Å². The van der Waals surface area contributed by atoms with Gasteiger partial charge in [-0.05, 0) is 57.5 Å². The summed E-state index contributed by atoms with van der Waals surface area (Å²) in [6, 6.07) is 0. The van der Waals surface area contributed by atoms with Crippen LogP contribution < -0.4 is 0 Å². The quantitative estimate of drug-likeness (QED) is 0.726. The number of aliphatic hydroxyl groups is 1. The van der Waals surface area contributed by atoms with Gasteiger partial charge in [-0.3, -0.25) is 9.69 Å². The Labute approximate surface area is 115 Å². The molecule has 19 heavy (non-hydrogen) atoms. The van der Waals surface area contributed by atoms with Crippen LogP contribution in [0, 0.1) is 17.8 Å². The Morgan fingerprint density at radius 3 is 2.74 bits per heavy atom. The third-order valence-electron chi connectivity index (χ3n) is 6.53. The number of hydrogen-bond donors (Lipinski definition) is 1. The number of rotatable bonds is 0. The third kappa shape index (κ3) is 1.43. The molecule has 2 heterocycles. The fourth-order valence-electron chi connectivity index (χ4n) is 6.27. The lowest BCUT2D eigenvalue weighted by Crippen LogP contribution is -2.75. The molecule has 0 unspecified atom stereocenters. The van der Waals surface area contributed by atoms with Crippen molar-refractivity contribution in [3.8, 4) is 0 Å². The molecule has 3 heteroatoms. The fourth-order valence-corrected chi connectivity index (χ4v) is 6.27. The lowest BCUT2D eigenvalue weighted by molar-refractivity contribution is -0.220. The zero-order valence-corrected chi connectivity index (χ0v) is 11.9. The molecule has 0 radical (unpaired) electrons. The number of ketones is 1. The molecule has 3 nitrogen and oxygen atoms in total. The molecule has 106 valence electrons. The van der Waals surface area contributed by atoms with Crippen molar-refractivity contribution in [1.82, 2.24) is 4.90 Å². The smallest absolute Gasteiger partial charge is 0.140 e. The minimum absolute atomic E-state index is 0.0260. The maximum Gasteiger partial charge on any atom is 0.140 e. The summed E-state index contributed by atoms with van der Waals surface area (Å²) in [4.78, 5) is 15.2. The van der Waals surface area contributed by atoms with Gasteiger partial charge in [-0.1, -0.05) is 6.92 Å². The first kappa shape index (κ1) is 12.3. The molecule has 2 aliphatic heterocycles. The van der Waals surface area contributed by atoms with Gasteiger partial charge in [-0.2, -0.15) is 0 Å². The molecule has 4 rings (SSSR count). The number of piperidine rings is 2. The van der Waals surface area contributed by atoms with Crippen molar-refractivity contribution in [2.24, 2.45) is 17.8 Å². The van der Waals surface area contributed by atoms with Crippen LogP contribution in [0.15, 0.2) is 0 Å². The van der Waals surface area contributed by atoms with Gasteiger partial charge in [0, 0.05) is 23.8 Å². The number of carbonyl (C=O) groups excluding carboxylic acids is 1. The van der Waals surface area contributed by atoms with Crippen LogP contribution in [-0.4, -0.2) is 40.0 Å². The van der Waals surface area contributed by atoms with Crippen molar-refractivity contribution in [2.45, 2.75) is 63.0 Å². The van der Waals surface area contributed by atoms with E-state index in [0.29, 0.717) is 24.0 Å².